The van der Waals surface area contributed by atoms with Crippen LogP contribution in [0.25, 0.3) is 11.1 Å². The fourth-order valence-corrected chi connectivity index (χ4v) is 2.85. The van der Waals surface area contributed by atoms with Crippen molar-refractivity contribution in [3.63, 3.8) is 0 Å². The van der Waals surface area contributed by atoms with Gasteiger partial charge in [-0.1, -0.05) is 13.8 Å². The summed E-state index contributed by atoms with van der Waals surface area (Å²) in [5, 5.41) is 8.91. The van der Waals surface area contributed by atoms with Gasteiger partial charge in [0.15, 0.2) is 0 Å². The Morgan fingerprint density at radius 2 is 1.96 bits per heavy atom. The van der Waals surface area contributed by atoms with E-state index in [0.29, 0.717) is 17.1 Å². The molecule has 0 amide bonds. The summed E-state index contributed by atoms with van der Waals surface area (Å²) in [5.41, 5.74) is 1.88. The van der Waals surface area contributed by atoms with Crippen molar-refractivity contribution in [1.82, 2.24) is 0 Å². The molecule has 0 atom stereocenters. The highest BCUT2D eigenvalue weighted by Gasteiger charge is 2.29. The monoisotopic (exact) mass is 334 g/mol. The van der Waals surface area contributed by atoms with Gasteiger partial charge in [0.1, 0.15) is 17.1 Å². The van der Waals surface area contributed by atoms with Crippen molar-refractivity contribution in [1.29, 1.82) is 0 Å². The highest BCUT2D eigenvalue weighted by atomic mass is 19.1. The number of allylic oxidation sites excluding steroid dienone is 2. The van der Waals surface area contributed by atoms with E-state index in [1.807, 2.05) is 19.9 Å². The van der Waals surface area contributed by atoms with E-state index in [1.54, 1.807) is 12.1 Å². The molecule has 1 heterocycles. The Balaban J connectivity index is 2.73. The summed E-state index contributed by atoms with van der Waals surface area (Å²) < 4.78 is 25.2. The maximum atomic E-state index is 13.9. The van der Waals surface area contributed by atoms with Crippen LogP contribution in [0, 0.1) is 5.92 Å². The van der Waals surface area contributed by atoms with Gasteiger partial charge in [-0.2, -0.15) is 4.39 Å². The number of benzene rings is 1. The Kier molecular flexibility index (Phi) is 4.74. The van der Waals surface area contributed by atoms with Crippen molar-refractivity contribution >= 4 is 17.1 Å². The number of methoxy groups -OCH3 is 1. The molecule has 1 N–H and O–H groups in total. The Hall–Kier alpha value is -2.30. The molecule has 0 fully saturated rings. The summed E-state index contributed by atoms with van der Waals surface area (Å²) in [6, 6.07) is 3.44. The average molecular weight is 334 g/mol. The molecule has 0 aromatic heterocycles. The molecule has 0 radical (unpaired) electrons. The molecule has 0 unspecified atom stereocenters. The molecule has 4 nitrogen and oxygen atoms in total. The van der Waals surface area contributed by atoms with E-state index >= 15 is 0 Å². The number of carboxylic acid groups (broad SMARTS) is 1. The Morgan fingerprint density at radius 3 is 2.46 bits per heavy atom. The Morgan fingerprint density at radius 1 is 1.33 bits per heavy atom. The van der Waals surface area contributed by atoms with Gasteiger partial charge in [0, 0.05) is 22.8 Å². The molecule has 0 spiro atoms. The standard InChI is InChI=1S/C19H23FO4/c1-10(2)14-9-19(4,5)24-16-8-15(23-6)12(7-13(14)16)11(3)17(20)18(21)22/h7-10H,1-6H3,(H,21,22). The zero-order valence-electron chi connectivity index (χ0n) is 14.9. The van der Waals surface area contributed by atoms with Crippen molar-refractivity contribution in [3.05, 3.63) is 35.2 Å². The second-order valence-electron chi connectivity index (χ2n) is 6.75. The Labute approximate surface area is 141 Å². The van der Waals surface area contributed by atoms with E-state index in [-0.39, 0.29) is 11.5 Å². The van der Waals surface area contributed by atoms with Crippen LogP contribution in [-0.4, -0.2) is 23.8 Å². The van der Waals surface area contributed by atoms with Gasteiger partial charge in [-0.15, -0.1) is 0 Å². The third-order valence-corrected chi connectivity index (χ3v) is 4.03. The second-order valence-corrected chi connectivity index (χ2v) is 6.75. The third kappa shape index (κ3) is 3.30. The number of hydrogen-bond donors (Lipinski definition) is 1. The van der Waals surface area contributed by atoms with Crippen molar-refractivity contribution < 1.29 is 23.8 Å². The molecule has 0 bridgehead atoms. The van der Waals surface area contributed by atoms with Crippen LogP contribution in [0.4, 0.5) is 4.39 Å². The van der Waals surface area contributed by atoms with Crippen molar-refractivity contribution in [2.75, 3.05) is 7.11 Å². The van der Waals surface area contributed by atoms with E-state index in [9.17, 15) is 9.18 Å². The summed E-state index contributed by atoms with van der Waals surface area (Å²) in [6.45, 7) is 9.50. The molecular weight excluding hydrogens is 311 g/mol. The van der Waals surface area contributed by atoms with Crippen molar-refractivity contribution in [2.45, 2.75) is 40.2 Å². The quantitative estimate of drug-likeness (QED) is 0.812. The average Bonchev–Trinajstić information content (AvgIpc) is 2.50. The smallest absolute Gasteiger partial charge is 0.365 e. The van der Waals surface area contributed by atoms with Crippen LogP contribution in [0.3, 0.4) is 0 Å². The number of rotatable bonds is 4. The molecular formula is C19H23FO4. The summed E-state index contributed by atoms with van der Waals surface area (Å²) in [6.07, 6.45) is 2.04. The van der Waals surface area contributed by atoms with Crippen LogP contribution in [0.15, 0.2) is 24.0 Å². The molecule has 1 aromatic rings. The molecule has 5 heteroatoms. The van der Waals surface area contributed by atoms with Crippen LogP contribution >= 0.6 is 0 Å². The van der Waals surface area contributed by atoms with E-state index in [1.165, 1.54) is 14.0 Å². The van der Waals surface area contributed by atoms with E-state index in [2.05, 4.69) is 13.8 Å². The lowest BCUT2D eigenvalue weighted by Gasteiger charge is -2.33. The van der Waals surface area contributed by atoms with Gasteiger partial charge in [0.05, 0.1) is 7.11 Å². The van der Waals surface area contributed by atoms with E-state index < -0.39 is 17.4 Å². The number of halogens is 1. The molecule has 130 valence electrons. The van der Waals surface area contributed by atoms with Crippen LogP contribution in [0.2, 0.25) is 0 Å². The lowest BCUT2D eigenvalue weighted by molar-refractivity contribution is -0.134. The van der Waals surface area contributed by atoms with Crippen LogP contribution in [-0.2, 0) is 4.79 Å². The largest absolute Gasteiger partial charge is 0.496 e. The Bertz CT molecular complexity index is 742. The van der Waals surface area contributed by atoms with Gasteiger partial charge in [-0.3, -0.25) is 0 Å². The van der Waals surface area contributed by atoms with E-state index in [4.69, 9.17) is 14.6 Å². The minimum Gasteiger partial charge on any atom is -0.496 e. The summed E-state index contributed by atoms with van der Waals surface area (Å²) in [7, 11) is 1.46. The van der Waals surface area contributed by atoms with Gasteiger partial charge in [-0.05, 0) is 44.4 Å². The fraction of sp³-hybridized carbons (Fsp3) is 0.421. The van der Waals surface area contributed by atoms with Gasteiger partial charge >= 0.3 is 5.97 Å². The molecule has 1 aliphatic rings. The van der Waals surface area contributed by atoms with Crippen LogP contribution in [0.1, 0.15) is 45.7 Å². The number of hydrogen-bond acceptors (Lipinski definition) is 3. The number of aliphatic carboxylic acids is 1. The highest BCUT2D eigenvalue weighted by molar-refractivity contribution is 5.95. The number of fused-ring (bicyclic) bond motifs is 1. The number of carbonyl (C=O) groups is 1. The minimum atomic E-state index is -1.59. The predicted octanol–water partition coefficient (Wildman–Crippen LogP) is 4.69. The predicted molar refractivity (Wildman–Crippen MR) is 91.9 cm³/mol. The third-order valence-electron chi connectivity index (χ3n) is 4.03. The van der Waals surface area contributed by atoms with Gasteiger partial charge in [0.2, 0.25) is 5.83 Å². The van der Waals surface area contributed by atoms with Gasteiger partial charge in [0.25, 0.3) is 0 Å². The van der Waals surface area contributed by atoms with Crippen LogP contribution < -0.4 is 9.47 Å². The summed E-state index contributed by atoms with van der Waals surface area (Å²) >= 11 is 0. The first-order chi connectivity index (χ1) is 11.1. The molecule has 0 saturated carbocycles. The SMILES string of the molecule is COc1cc2c(cc1C(C)=C(F)C(=O)O)C(C(C)C)=CC(C)(C)O2. The lowest BCUT2D eigenvalue weighted by atomic mass is 9.86. The maximum absolute atomic E-state index is 13.9. The van der Waals surface area contributed by atoms with Gasteiger partial charge in [-0.25, -0.2) is 4.79 Å². The first-order valence-corrected chi connectivity index (χ1v) is 7.81. The molecule has 2 rings (SSSR count). The summed E-state index contributed by atoms with van der Waals surface area (Å²) in [5.74, 6) is -1.52. The summed E-state index contributed by atoms with van der Waals surface area (Å²) in [4.78, 5) is 11.0. The molecule has 0 aliphatic carbocycles. The van der Waals surface area contributed by atoms with Gasteiger partial charge < -0.3 is 14.6 Å². The normalized spacial score (nSPS) is 16.8. The number of carboxylic acids is 1. The zero-order valence-corrected chi connectivity index (χ0v) is 14.9. The first kappa shape index (κ1) is 18.0. The lowest BCUT2D eigenvalue weighted by Crippen LogP contribution is -2.29. The molecule has 0 saturated heterocycles. The highest BCUT2D eigenvalue weighted by Crippen LogP contribution is 2.44. The molecule has 1 aliphatic heterocycles. The fourth-order valence-electron chi connectivity index (χ4n) is 2.85. The topological polar surface area (TPSA) is 55.8 Å². The van der Waals surface area contributed by atoms with Crippen LogP contribution in [0.5, 0.6) is 11.5 Å². The minimum absolute atomic E-state index is 0.0232. The second kappa shape index (κ2) is 6.30. The van der Waals surface area contributed by atoms with Crippen molar-refractivity contribution in [2.24, 2.45) is 5.92 Å². The molecule has 1 aromatic carbocycles. The van der Waals surface area contributed by atoms with E-state index in [0.717, 1.165) is 11.1 Å². The van der Waals surface area contributed by atoms with Crippen molar-refractivity contribution in [3.8, 4) is 11.5 Å². The zero-order chi connectivity index (χ0) is 18.2. The maximum Gasteiger partial charge on any atom is 0.365 e. The molecule has 24 heavy (non-hydrogen) atoms. The first-order valence-electron chi connectivity index (χ1n) is 7.81. The number of ether oxygens (including phenoxy) is 2.